The van der Waals surface area contributed by atoms with Crippen LogP contribution in [0.5, 0.6) is 0 Å². The summed E-state index contributed by atoms with van der Waals surface area (Å²) in [5.41, 5.74) is 1.22. The Labute approximate surface area is 116 Å². The minimum atomic E-state index is -0.450. The van der Waals surface area contributed by atoms with Gasteiger partial charge >= 0.3 is 0 Å². The molecule has 1 aromatic heterocycles. The van der Waals surface area contributed by atoms with Crippen LogP contribution in [0, 0.1) is 17.0 Å². The van der Waals surface area contributed by atoms with Gasteiger partial charge in [0, 0.05) is 18.5 Å². The van der Waals surface area contributed by atoms with Gasteiger partial charge in [0.1, 0.15) is 5.56 Å². The molecule has 1 N–H and O–H groups in total. The number of nitrogens with one attached hydrogen (secondary N) is 1. The second-order valence-corrected chi connectivity index (χ2v) is 4.69. The van der Waals surface area contributed by atoms with E-state index in [4.69, 9.17) is 4.52 Å². The largest absolute Gasteiger partial charge is 0.334 e. The Morgan fingerprint density at radius 2 is 2.25 bits per heavy atom. The van der Waals surface area contributed by atoms with E-state index >= 15 is 0 Å². The molecular weight excluding hydrogens is 260 g/mol. The second kappa shape index (κ2) is 5.79. The highest BCUT2D eigenvalue weighted by Gasteiger charge is 2.21. The molecule has 0 aliphatic carbocycles. The van der Waals surface area contributed by atoms with Gasteiger partial charge in [0.2, 0.25) is 0 Å². The summed E-state index contributed by atoms with van der Waals surface area (Å²) in [6, 6.07) is 5.01. The van der Waals surface area contributed by atoms with Crippen molar-refractivity contribution in [2.75, 3.05) is 7.05 Å². The smallest absolute Gasteiger partial charge is 0.282 e. The molecule has 7 heteroatoms. The Bertz CT molecular complexity index is 624. The normalized spacial score (nSPS) is 12.3. The lowest BCUT2D eigenvalue weighted by Gasteiger charge is -2.04. The van der Waals surface area contributed by atoms with Crippen LogP contribution in [-0.2, 0) is 6.42 Å². The van der Waals surface area contributed by atoms with Crippen molar-refractivity contribution in [2.24, 2.45) is 0 Å². The summed E-state index contributed by atoms with van der Waals surface area (Å²) in [4.78, 5) is 14.8. The van der Waals surface area contributed by atoms with E-state index in [-0.39, 0.29) is 17.6 Å². The van der Waals surface area contributed by atoms with Crippen molar-refractivity contribution in [2.45, 2.75) is 26.3 Å². The van der Waals surface area contributed by atoms with Gasteiger partial charge in [-0.1, -0.05) is 11.2 Å². The molecule has 0 saturated carbocycles. The molecule has 7 nitrogen and oxygen atoms in total. The van der Waals surface area contributed by atoms with Gasteiger partial charge in [0.05, 0.1) is 4.92 Å². The molecule has 0 radical (unpaired) electrons. The maximum absolute atomic E-state index is 11.0. The standard InChI is InChI=1S/C13H16N4O3/c1-8-4-5-11(17(18)19)10(6-8)13-15-12(16-20-13)7-9(2)14-3/h4-6,9,14H,7H2,1-3H3. The number of benzene rings is 1. The maximum atomic E-state index is 11.0. The molecular formula is C13H16N4O3. The van der Waals surface area contributed by atoms with Gasteiger partial charge in [0.25, 0.3) is 11.6 Å². The molecule has 0 spiro atoms. The number of rotatable bonds is 5. The fourth-order valence-electron chi connectivity index (χ4n) is 1.80. The van der Waals surface area contributed by atoms with E-state index in [9.17, 15) is 10.1 Å². The third-order valence-electron chi connectivity index (χ3n) is 3.03. The first-order chi connectivity index (χ1) is 9.51. The molecule has 1 aromatic carbocycles. The molecule has 1 atom stereocenters. The molecule has 0 bridgehead atoms. The molecule has 2 rings (SSSR count). The Morgan fingerprint density at radius 1 is 1.50 bits per heavy atom. The van der Waals surface area contributed by atoms with Crippen LogP contribution in [-0.4, -0.2) is 28.2 Å². The first-order valence-corrected chi connectivity index (χ1v) is 6.26. The van der Waals surface area contributed by atoms with E-state index in [0.29, 0.717) is 17.8 Å². The third-order valence-corrected chi connectivity index (χ3v) is 3.03. The number of hydrogen-bond acceptors (Lipinski definition) is 6. The zero-order valence-corrected chi connectivity index (χ0v) is 11.6. The molecule has 1 heterocycles. The SMILES string of the molecule is CNC(C)Cc1noc(-c2cc(C)ccc2[N+](=O)[O-])n1. The molecule has 0 fully saturated rings. The van der Waals surface area contributed by atoms with Crippen LogP contribution in [0.2, 0.25) is 0 Å². The average Bonchev–Trinajstić information content (AvgIpc) is 2.86. The van der Waals surface area contributed by atoms with Gasteiger partial charge in [-0.3, -0.25) is 10.1 Å². The summed E-state index contributed by atoms with van der Waals surface area (Å²) in [6.45, 7) is 3.85. The quantitative estimate of drug-likeness (QED) is 0.664. The van der Waals surface area contributed by atoms with Crippen LogP contribution in [0.15, 0.2) is 22.7 Å². The zero-order valence-electron chi connectivity index (χ0n) is 11.6. The van der Waals surface area contributed by atoms with E-state index in [1.54, 1.807) is 12.1 Å². The van der Waals surface area contributed by atoms with Crippen LogP contribution in [0.25, 0.3) is 11.5 Å². The molecule has 0 amide bonds. The first kappa shape index (κ1) is 14.1. The Kier molecular flexibility index (Phi) is 4.09. The van der Waals surface area contributed by atoms with Crippen LogP contribution >= 0.6 is 0 Å². The van der Waals surface area contributed by atoms with Gasteiger partial charge in [-0.2, -0.15) is 4.98 Å². The third kappa shape index (κ3) is 3.00. The van der Waals surface area contributed by atoms with Crippen molar-refractivity contribution >= 4 is 5.69 Å². The second-order valence-electron chi connectivity index (χ2n) is 4.69. The highest BCUT2D eigenvalue weighted by atomic mass is 16.6. The number of likely N-dealkylation sites (N-methyl/N-ethyl adjacent to an activating group) is 1. The molecule has 2 aromatic rings. The van der Waals surface area contributed by atoms with Crippen LogP contribution < -0.4 is 5.32 Å². The predicted molar refractivity (Wildman–Crippen MR) is 73.4 cm³/mol. The van der Waals surface area contributed by atoms with Gasteiger partial charge in [-0.15, -0.1) is 0 Å². The highest BCUT2D eigenvalue weighted by molar-refractivity contribution is 5.67. The summed E-state index contributed by atoms with van der Waals surface area (Å²) in [5.74, 6) is 0.705. The van der Waals surface area contributed by atoms with Gasteiger partial charge in [0.15, 0.2) is 5.82 Å². The summed E-state index contributed by atoms with van der Waals surface area (Å²) >= 11 is 0. The predicted octanol–water partition coefficient (Wildman–Crippen LogP) is 2.10. The summed E-state index contributed by atoms with van der Waals surface area (Å²) in [5, 5.41) is 18.0. The summed E-state index contributed by atoms with van der Waals surface area (Å²) in [6.07, 6.45) is 0.597. The van der Waals surface area contributed by atoms with Gasteiger partial charge in [-0.25, -0.2) is 0 Å². The van der Waals surface area contributed by atoms with E-state index in [1.165, 1.54) is 6.07 Å². The number of aromatic nitrogens is 2. The fraction of sp³-hybridized carbons (Fsp3) is 0.385. The topological polar surface area (TPSA) is 94.1 Å². The Hall–Kier alpha value is -2.28. The molecule has 1 unspecified atom stereocenters. The zero-order chi connectivity index (χ0) is 14.7. The number of hydrogen-bond donors (Lipinski definition) is 1. The number of nitrogens with zero attached hydrogens (tertiary/aromatic N) is 3. The minimum Gasteiger partial charge on any atom is -0.334 e. The van der Waals surface area contributed by atoms with Gasteiger partial charge in [-0.05, 0) is 32.5 Å². The lowest BCUT2D eigenvalue weighted by molar-refractivity contribution is -0.384. The van der Waals surface area contributed by atoms with Crippen LogP contribution in [0.1, 0.15) is 18.3 Å². The average molecular weight is 276 g/mol. The van der Waals surface area contributed by atoms with Crippen molar-refractivity contribution in [1.29, 1.82) is 0 Å². The van der Waals surface area contributed by atoms with Crippen LogP contribution in [0.3, 0.4) is 0 Å². The van der Waals surface area contributed by atoms with Gasteiger partial charge < -0.3 is 9.84 Å². The number of aryl methyl sites for hydroxylation is 1. The van der Waals surface area contributed by atoms with Crippen molar-refractivity contribution in [1.82, 2.24) is 15.5 Å². The van der Waals surface area contributed by atoms with Crippen molar-refractivity contribution < 1.29 is 9.45 Å². The van der Waals surface area contributed by atoms with Crippen molar-refractivity contribution in [3.8, 4) is 11.5 Å². The van der Waals surface area contributed by atoms with E-state index in [2.05, 4.69) is 15.5 Å². The highest BCUT2D eigenvalue weighted by Crippen LogP contribution is 2.29. The van der Waals surface area contributed by atoms with E-state index < -0.39 is 4.92 Å². The molecule has 0 saturated heterocycles. The van der Waals surface area contributed by atoms with Crippen molar-refractivity contribution in [3.05, 3.63) is 39.7 Å². The lowest BCUT2D eigenvalue weighted by atomic mass is 10.1. The summed E-state index contributed by atoms with van der Waals surface area (Å²) in [7, 11) is 1.84. The number of nitro groups is 1. The van der Waals surface area contributed by atoms with E-state index in [0.717, 1.165) is 5.56 Å². The number of nitro benzene ring substituents is 1. The molecule has 0 aliphatic heterocycles. The van der Waals surface area contributed by atoms with E-state index in [1.807, 2.05) is 20.9 Å². The minimum absolute atomic E-state index is 0.0348. The summed E-state index contributed by atoms with van der Waals surface area (Å²) < 4.78 is 5.15. The molecule has 106 valence electrons. The Balaban J connectivity index is 2.36. The first-order valence-electron chi connectivity index (χ1n) is 6.26. The maximum Gasteiger partial charge on any atom is 0.282 e. The molecule has 0 aliphatic rings. The monoisotopic (exact) mass is 276 g/mol. The Morgan fingerprint density at radius 3 is 2.90 bits per heavy atom. The lowest BCUT2D eigenvalue weighted by Crippen LogP contribution is -2.24. The van der Waals surface area contributed by atoms with Crippen LogP contribution in [0.4, 0.5) is 5.69 Å². The molecule has 20 heavy (non-hydrogen) atoms. The fourth-order valence-corrected chi connectivity index (χ4v) is 1.80. The van der Waals surface area contributed by atoms with Crippen molar-refractivity contribution in [3.63, 3.8) is 0 Å².